The Kier molecular flexibility index (Phi) is 4.40. The van der Waals surface area contributed by atoms with E-state index in [2.05, 4.69) is 0 Å². The summed E-state index contributed by atoms with van der Waals surface area (Å²) in [6, 6.07) is 5.71. The molecule has 0 radical (unpaired) electrons. The van der Waals surface area contributed by atoms with Gasteiger partial charge in [-0.1, -0.05) is 12.8 Å². The maximum absolute atomic E-state index is 10.3. The predicted octanol–water partition coefficient (Wildman–Crippen LogP) is 3.06. The van der Waals surface area contributed by atoms with Crippen LogP contribution in [0.15, 0.2) is 23.1 Å². The van der Waals surface area contributed by atoms with E-state index in [1.807, 2.05) is 25.1 Å². The van der Waals surface area contributed by atoms with Gasteiger partial charge in [0, 0.05) is 16.3 Å². The van der Waals surface area contributed by atoms with Gasteiger partial charge in [-0.25, -0.2) is 0 Å². The summed E-state index contributed by atoms with van der Waals surface area (Å²) in [5.74, 6) is 1.56. The van der Waals surface area contributed by atoms with Crippen LogP contribution in [-0.2, 0) is 0 Å². The normalized spacial score (nSPS) is 17.9. The SMILES string of the molecule is CCOc1ccc(N)c(SCC2(O)CCCC2)c1. The average Bonchev–Trinajstić information content (AvgIpc) is 2.78. The van der Waals surface area contributed by atoms with E-state index in [1.165, 1.54) is 0 Å². The van der Waals surface area contributed by atoms with Gasteiger partial charge in [-0.15, -0.1) is 11.8 Å². The Morgan fingerprint density at radius 2 is 2.11 bits per heavy atom. The van der Waals surface area contributed by atoms with Gasteiger partial charge in [0.1, 0.15) is 5.75 Å². The summed E-state index contributed by atoms with van der Waals surface area (Å²) in [5, 5.41) is 10.3. The predicted molar refractivity (Wildman–Crippen MR) is 76.2 cm³/mol. The van der Waals surface area contributed by atoms with Crippen LogP contribution in [0.4, 0.5) is 5.69 Å². The summed E-state index contributed by atoms with van der Waals surface area (Å²) < 4.78 is 5.47. The van der Waals surface area contributed by atoms with Gasteiger partial charge in [0.2, 0.25) is 0 Å². The molecule has 0 heterocycles. The van der Waals surface area contributed by atoms with Gasteiger partial charge in [-0.3, -0.25) is 0 Å². The van der Waals surface area contributed by atoms with E-state index in [9.17, 15) is 5.11 Å². The van der Waals surface area contributed by atoms with Gasteiger partial charge in [0.15, 0.2) is 0 Å². The van der Waals surface area contributed by atoms with Crippen LogP contribution in [0.2, 0.25) is 0 Å². The van der Waals surface area contributed by atoms with Crippen LogP contribution in [0.1, 0.15) is 32.6 Å². The molecule has 0 aliphatic heterocycles. The van der Waals surface area contributed by atoms with Crippen molar-refractivity contribution < 1.29 is 9.84 Å². The molecule has 0 aromatic heterocycles. The van der Waals surface area contributed by atoms with Crippen LogP contribution in [-0.4, -0.2) is 23.1 Å². The Bertz CT molecular complexity index is 403. The minimum Gasteiger partial charge on any atom is -0.494 e. The monoisotopic (exact) mass is 267 g/mol. The minimum atomic E-state index is -0.501. The first kappa shape index (κ1) is 13.6. The molecule has 1 fully saturated rings. The van der Waals surface area contributed by atoms with Crippen molar-refractivity contribution in [2.45, 2.75) is 43.1 Å². The standard InChI is InChI=1S/C14H21NO2S/c1-2-17-11-5-6-12(15)13(9-11)18-10-14(16)7-3-4-8-14/h5-6,9,16H,2-4,7-8,10,15H2,1H3. The van der Waals surface area contributed by atoms with Gasteiger partial charge in [-0.2, -0.15) is 0 Å². The summed E-state index contributed by atoms with van der Waals surface area (Å²) in [6.45, 7) is 2.61. The van der Waals surface area contributed by atoms with Crippen LogP contribution < -0.4 is 10.5 Å². The van der Waals surface area contributed by atoms with Crippen LogP contribution >= 0.6 is 11.8 Å². The molecule has 0 saturated heterocycles. The van der Waals surface area contributed by atoms with Gasteiger partial charge in [-0.05, 0) is 38.0 Å². The van der Waals surface area contributed by atoms with E-state index in [0.717, 1.165) is 42.0 Å². The molecule has 0 amide bonds. The van der Waals surface area contributed by atoms with Crippen LogP contribution in [0.25, 0.3) is 0 Å². The lowest BCUT2D eigenvalue weighted by Gasteiger charge is -2.21. The molecule has 0 unspecified atom stereocenters. The largest absolute Gasteiger partial charge is 0.494 e. The highest BCUT2D eigenvalue weighted by Gasteiger charge is 2.31. The fourth-order valence-corrected chi connectivity index (χ4v) is 3.43. The summed E-state index contributed by atoms with van der Waals surface area (Å²) in [5.41, 5.74) is 6.21. The number of rotatable bonds is 5. The molecular formula is C14H21NO2S. The lowest BCUT2D eigenvalue weighted by molar-refractivity contribution is 0.0733. The Morgan fingerprint density at radius 1 is 1.39 bits per heavy atom. The highest BCUT2D eigenvalue weighted by molar-refractivity contribution is 7.99. The molecule has 3 nitrogen and oxygen atoms in total. The van der Waals surface area contributed by atoms with Crippen molar-refractivity contribution in [2.24, 2.45) is 0 Å². The van der Waals surface area contributed by atoms with Gasteiger partial charge in [0.25, 0.3) is 0 Å². The number of anilines is 1. The number of benzene rings is 1. The smallest absolute Gasteiger partial charge is 0.120 e. The highest BCUT2D eigenvalue weighted by Crippen LogP contribution is 2.37. The zero-order valence-corrected chi connectivity index (χ0v) is 11.6. The molecule has 1 aromatic carbocycles. The number of nitrogens with two attached hydrogens (primary N) is 1. The first-order chi connectivity index (χ1) is 8.63. The number of nitrogen functional groups attached to an aromatic ring is 1. The molecular weight excluding hydrogens is 246 g/mol. The molecule has 18 heavy (non-hydrogen) atoms. The van der Waals surface area contributed by atoms with E-state index in [0.29, 0.717) is 12.4 Å². The lowest BCUT2D eigenvalue weighted by atomic mass is 10.1. The third-order valence-electron chi connectivity index (χ3n) is 3.33. The Balaban J connectivity index is 2.01. The molecule has 3 N–H and O–H groups in total. The number of hydrogen-bond donors (Lipinski definition) is 2. The van der Waals surface area contributed by atoms with Crippen molar-refractivity contribution in [3.05, 3.63) is 18.2 Å². The molecule has 100 valence electrons. The summed E-state index contributed by atoms with van der Waals surface area (Å²) in [7, 11) is 0. The number of hydrogen-bond acceptors (Lipinski definition) is 4. The van der Waals surface area contributed by atoms with E-state index in [1.54, 1.807) is 11.8 Å². The topological polar surface area (TPSA) is 55.5 Å². The molecule has 0 spiro atoms. The number of aliphatic hydroxyl groups is 1. The summed E-state index contributed by atoms with van der Waals surface area (Å²) in [4.78, 5) is 1.00. The van der Waals surface area contributed by atoms with Crippen LogP contribution in [0.3, 0.4) is 0 Å². The van der Waals surface area contributed by atoms with Crippen molar-refractivity contribution in [1.82, 2.24) is 0 Å². The first-order valence-electron chi connectivity index (χ1n) is 6.50. The second-order valence-corrected chi connectivity index (χ2v) is 5.87. The van der Waals surface area contributed by atoms with E-state index < -0.39 is 5.60 Å². The first-order valence-corrected chi connectivity index (χ1v) is 7.49. The Hall–Kier alpha value is -0.870. The van der Waals surface area contributed by atoms with Crippen molar-refractivity contribution in [3.8, 4) is 5.75 Å². The quantitative estimate of drug-likeness (QED) is 0.636. The van der Waals surface area contributed by atoms with E-state index in [4.69, 9.17) is 10.5 Å². The van der Waals surface area contributed by atoms with Crippen molar-refractivity contribution >= 4 is 17.4 Å². The average molecular weight is 267 g/mol. The third-order valence-corrected chi connectivity index (χ3v) is 4.67. The number of thioether (sulfide) groups is 1. The Morgan fingerprint density at radius 3 is 2.78 bits per heavy atom. The lowest BCUT2D eigenvalue weighted by Crippen LogP contribution is -2.27. The molecule has 2 rings (SSSR count). The maximum Gasteiger partial charge on any atom is 0.120 e. The fraction of sp³-hybridized carbons (Fsp3) is 0.571. The van der Waals surface area contributed by atoms with Crippen LogP contribution in [0.5, 0.6) is 5.75 Å². The molecule has 1 aliphatic rings. The van der Waals surface area contributed by atoms with Crippen LogP contribution in [0, 0.1) is 0 Å². The Labute approximate surface area is 113 Å². The summed E-state index contributed by atoms with van der Waals surface area (Å²) >= 11 is 1.63. The molecule has 0 bridgehead atoms. The maximum atomic E-state index is 10.3. The molecule has 0 atom stereocenters. The zero-order chi connectivity index (χ0) is 13.0. The zero-order valence-electron chi connectivity index (χ0n) is 10.8. The molecule has 4 heteroatoms. The molecule has 1 aromatic rings. The highest BCUT2D eigenvalue weighted by atomic mass is 32.2. The molecule has 1 aliphatic carbocycles. The molecule has 1 saturated carbocycles. The van der Waals surface area contributed by atoms with Crippen molar-refractivity contribution in [1.29, 1.82) is 0 Å². The van der Waals surface area contributed by atoms with Gasteiger partial charge in [0.05, 0.1) is 12.2 Å². The minimum absolute atomic E-state index is 0.501. The van der Waals surface area contributed by atoms with Crippen molar-refractivity contribution in [2.75, 3.05) is 18.1 Å². The van der Waals surface area contributed by atoms with Gasteiger partial charge < -0.3 is 15.6 Å². The van der Waals surface area contributed by atoms with Crippen molar-refractivity contribution in [3.63, 3.8) is 0 Å². The van der Waals surface area contributed by atoms with E-state index in [-0.39, 0.29) is 0 Å². The number of ether oxygens (including phenoxy) is 1. The van der Waals surface area contributed by atoms with Gasteiger partial charge >= 0.3 is 0 Å². The third kappa shape index (κ3) is 3.33. The second-order valence-electron chi connectivity index (χ2n) is 4.85. The second kappa shape index (κ2) is 5.85. The fourth-order valence-electron chi connectivity index (χ4n) is 2.29. The summed E-state index contributed by atoms with van der Waals surface area (Å²) in [6.07, 6.45) is 4.08. The van der Waals surface area contributed by atoms with E-state index >= 15 is 0 Å².